The lowest BCUT2D eigenvalue weighted by Crippen LogP contribution is -2.48. The van der Waals surface area contributed by atoms with E-state index in [-0.39, 0.29) is 6.04 Å². The molecule has 0 aliphatic carbocycles. The molecule has 1 aromatic carbocycles. The van der Waals surface area contributed by atoms with Crippen molar-refractivity contribution in [2.45, 2.75) is 49.5 Å². The van der Waals surface area contributed by atoms with E-state index < -0.39 is 10.0 Å². The largest absolute Gasteiger partial charge is 0.356 e. The Morgan fingerprint density at radius 2 is 1.70 bits per heavy atom. The van der Waals surface area contributed by atoms with Crippen LogP contribution in [0.25, 0.3) is 0 Å². The summed E-state index contributed by atoms with van der Waals surface area (Å²) in [6.45, 7) is 2.19. The van der Waals surface area contributed by atoms with E-state index in [9.17, 15) is 13.7 Å². The minimum atomic E-state index is -3.50. The summed E-state index contributed by atoms with van der Waals surface area (Å²) in [6, 6.07) is 14.7. The van der Waals surface area contributed by atoms with Gasteiger partial charge in [0.05, 0.1) is 10.5 Å². The van der Waals surface area contributed by atoms with Crippen molar-refractivity contribution in [3.63, 3.8) is 0 Å². The van der Waals surface area contributed by atoms with Crippen LogP contribution in [0.4, 0.5) is 5.82 Å². The normalized spacial score (nSPS) is 21.7. The lowest BCUT2D eigenvalue weighted by Gasteiger charge is -2.40. The molecule has 0 N–H and O–H groups in total. The lowest BCUT2D eigenvalue weighted by molar-refractivity contribution is 0.205. The molecule has 2 aromatic rings. The molecular formula is C23H28N4O2S. The summed E-state index contributed by atoms with van der Waals surface area (Å²) in [5.74, 6) is 1.07. The molecule has 1 aromatic heterocycles. The highest BCUT2D eigenvalue weighted by atomic mass is 32.2. The number of rotatable bonds is 4. The van der Waals surface area contributed by atoms with Gasteiger partial charge in [0, 0.05) is 31.9 Å². The van der Waals surface area contributed by atoms with Crippen molar-refractivity contribution < 1.29 is 8.42 Å². The number of sulfonamides is 1. The van der Waals surface area contributed by atoms with Gasteiger partial charge in [-0.1, -0.05) is 31.0 Å². The number of nitriles is 1. The SMILES string of the molecule is N#Cc1cccnc1N1CCC([C@H]2CCCCCN2S(=O)(=O)c2ccccc2)CC1. The van der Waals surface area contributed by atoms with Gasteiger partial charge in [-0.2, -0.15) is 9.57 Å². The van der Waals surface area contributed by atoms with Gasteiger partial charge >= 0.3 is 0 Å². The van der Waals surface area contributed by atoms with Gasteiger partial charge in [0.15, 0.2) is 0 Å². The number of anilines is 1. The topological polar surface area (TPSA) is 77.3 Å². The summed E-state index contributed by atoms with van der Waals surface area (Å²) in [4.78, 5) is 6.98. The average Bonchev–Trinajstić information content (AvgIpc) is 3.06. The van der Waals surface area contributed by atoms with Crippen LogP contribution in [0.1, 0.15) is 44.1 Å². The maximum atomic E-state index is 13.4. The molecule has 0 spiro atoms. The Labute approximate surface area is 179 Å². The third-order valence-corrected chi connectivity index (χ3v) is 8.33. The van der Waals surface area contributed by atoms with Crippen molar-refractivity contribution >= 4 is 15.8 Å². The Hall–Kier alpha value is -2.43. The van der Waals surface area contributed by atoms with E-state index in [1.807, 2.05) is 6.07 Å². The molecule has 2 fully saturated rings. The van der Waals surface area contributed by atoms with E-state index in [1.165, 1.54) is 0 Å². The highest BCUT2D eigenvalue weighted by Crippen LogP contribution is 2.34. The van der Waals surface area contributed by atoms with Crippen molar-refractivity contribution in [3.8, 4) is 6.07 Å². The van der Waals surface area contributed by atoms with Gasteiger partial charge in [0.25, 0.3) is 0 Å². The Bertz CT molecular complexity index is 995. The fourth-order valence-electron chi connectivity index (χ4n) is 4.84. The molecule has 1 atom stereocenters. The van der Waals surface area contributed by atoms with Crippen molar-refractivity contribution in [1.82, 2.24) is 9.29 Å². The Morgan fingerprint density at radius 3 is 2.43 bits per heavy atom. The highest BCUT2D eigenvalue weighted by Gasteiger charge is 2.38. The first-order valence-electron chi connectivity index (χ1n) is 10.8. The number of benzene rings is 1. The van der Waals surface area contributed by atoms with Crippen LogP contribution >= 0.6 is 0 Å². The van der Waals surface area contributed by atoms with Gasteiger partial charge in [-0.3, -0.25) is 0 Å². The van der Waals surface area contributed by atoms with E-state index in [4.69, 9.17) is 0 Å². The highest BCUT2D eigenvalue weighted by molar-refractivity contribution is 7.89. The van der Waals surface area contributed by atoms with Crippen LogP contribution < -0.4 is 4.90 Å². The molecule has 30 heavy (non-hydrogen) atoms. The Balaban J connectivity index is 1.53. The molecule has 2 aliphatic heterocycles. The summed E-state index contributed by atoms with van der Waals surface area (Å²) < 4.78 is 28.7. The second-order valence-corrected chi connectivity index (χ2v) is 10.0. The molecule has 7 heteroatoms. The number of nitrogens with zero attached hydrogens (tertiary/aromatic N) is 4. The van der Waals surface area contributed by atoms with Gasteiger partial charge in [-0.25, -0.2) is 13.4 Å². The first-order valence-corrected chi connectivity index (χ1v) is 12.2. The zero-order chi connectivity index (χ0) is 21.0. The summed E-state index contributed by atoms with van der Waals surface area (Å²) in [7, 11) is -3.50. The predicted octanol–water partition coefficient (Wildman–Crippen LogP) is 3.80. The molecule has 0 bridgehead atoms. The van der Waals surface area contributed by atoms with E-state index >= 15 is 0 Å². The summed E-state index contributed by atoms with van der Waals surface area (Å²) in [5, 5.41) is 9.38. The molecule has 0 amide bonds. The van der Waals surface area contributed by atoms with Crippen molar-refractivity contribution in [3.05, 3.63) is 54.2 Å². The van der Waals surface area contributed by atoms with Crippen LogP contribution in [0.3, 0.4) is 0 Å². The number of hydrogen-bond donors (Lipinski definition) is 0. The molecule has 158 valence electrons. The Kier molecular flexibility index (Phi) is 6.35. The first-order chi connectivity index (χ1) is 14.6. The molecular weight excluding hydrogens is 396 g/mol. The van der Waals surface area contributed by atoms with Crippen molar-refractivity contribution in [2.75, 3.05) is 24.5 Å². The molecule has 4 rings (SSSR count). The first kappa shape index (κ1) is 20.8. The maximum absolute atomic E-state index is 13.4. The van der Waals surface area contributed by atoms with E-state index in [2.05, 4.69) is 16.0 Å². The Morgan fingerprint density at radius 1 is 0.933 bits per heavy atom. The number of piperidine rings is 1. The average molecular weight is 425 g/mol. The smallest absolute Gasteiger partial charge is 0.243 e. The predicted molar refractivity (Wildman–Crippen MR) is 116 cm³/mol. The quantitative estimate of drug-likeness (QED) is 0.746. The van der Waals surface area contributed by atoms with Crippen LogP contribution in [0.15, 0.2) is 53.6 Å². The maximum Gasteiger partial charge on any atom is 0.243 e. The molecule has 3 heterocycles. The second kappa shape index (κ2) is 9.15. The van der Waals surface area contributed by atoms with Crippen molar-refractivity contribution in [2.24, 2.45) is 5.92 Å². The fraction of sp³-hybridized carbons (Fsp3) is 0.478. The third kappa shape index (κ3) is 4.21. The summed E-state index contributed by atoms with van der Waals surface area (Å²) >= 11 is 0. The van der Waals surface area contributed by atoms with Gasteiger partial charge in [0.2, 0.25) is 10.0 Å². The van der Waals surface area contributed by atoms with Gasteiger partial charge in [0.1, 0.15) is 11.9 Å². The van der Waals surface area contributed by atoms with E-state index in [0.717, 1.165) is 57.4 Å². The van der Waals surface area contributed by atoms with Crippen LogP contribution in [-0.4, -0.2) is 43.4 Å². The fourth-order valence-corrected chi connectivity index (χ4v) is 6.61. The minimum Gasteiger partial charge on any atom is -0.356 e. The van der Waals surface area contributed by atoms with Crippen molar-refractivity contribution in [1.29, 1.82) is 5.26 Å². The summed E-state index contributed by atoms with van der Waals surface area (Å²) in [6.07, 6.45) is 7.53. The zero-order valence-corrected chi connectivity index (χ0v) is 18.0. The molecule has 0 unspecified atom stereocenters. The van der Waals surface area contributed by atoms with E-state index in [0.29, 0.717) is 22.9 Å². The van der Waals surface area contributed by atoms with Crippen LogP contribution in [0, 0.1) is 17.2 Å². The molecule has 0 radical (unpaired) electrons. The number of hydrogen-bond acceptors (Lipinski definition) is 5. The minimum absolute atomic E-state index is 0.0408. The molecule has 0 saturated carbocycles. The molecule has 2 saturated heterocycles. The van der Waals surface area contributed by atoms with E-state index in [1.54, 1.807) is 46.9 Å². The summed E-state index contributed by atoms with van der Waals surface area (Å²) in [5.41, 5.74) is 0.596. The molecule has 2 aliphatic rings. The standard InChI is InChI=1S/C23H28N4O2S/c24-18-20-8-7-14-25-23(20)26-16-12-19(13-17-26)22-11-5-2-6-15-27(22)30(28,29)21-9-3-1-4-10-21/h1,3-4,7-10,14,19,22H,2,5-6,11-13,15-17H2/t22-/m1/s1. The van der Waals surface area contributed by atoms with Gasteiger partial charge in [-0.15, -0.1) is 0 Å². The lowest BCUT2D eigenvalue weighted by atomic mass is 9.87. The number of pyridine rings is 1. The number of aromatic nitrogens is 1. The monoisotopic (exact) mass is 424 g/mol. The van der Waals surface area contributed by atoms with Crippen LogP contribution in [-0.2, 0) is 10.0 Å². The molecule has 6 nitrogen and oxygen atoms in total. The van der Waals surface area contributed by atoms with Gasteiger partial charge in [-0.05, 0) is 55.9 Å². The zero-order valence-electron chi connectivity index (χ0n) is 17.2. The van der Waals surface area contributed by atoms with Crippen LogP contribution in [0.2, 0.25) is 0 Å². The second-order valence-electron chi connectivity index (χ2n) is 8.16. The van der Waals surface area contributed by atoms with Crippen LogP contribution in [0.5, 0.6) is 0 Å². The third-order valence-electron chi connectivity index (χ3n) is 6.39. The van der Waals surface area contributed by atoms with Gasteiger partial charge < -0.3 is 4.90 Å².